The van der Waals surface area contributed by atoms with Gasteiger partial charge in [0.2, 0.25) is 0 Å². The molecule has 100 valence electrons. The first kappa shape index (κ1) is 13.5. The van der Waals surface area contributed by atoms with Gasteiger partial charge >= 0.3 is 0 Å². The van der Waals surface area contributed by atoms with Gasteiger partial charge in [0.1, 0.15) is 5.82 Å². The summed E-state index contributed by atoms with van der Waals surface area (Å²) in [6.07, 6.45) is 4.64. The van der Waals surface area contributed by atoms with E-state index in [-0.39, 0.29) is 23.9 Å². The van der Waals surface area contributed by atoms with Crippen LogP contribution in [0, 0.1) is 11.2 Å². The lowest BCUT2D eigenvalue weighted by molar-refractivity contribution is 0.125. The van der Waals surface area contributed by atoms with Crippen LogP contribution in [0.2, 0.25) is 0 Å². The minimum absolute atomic E-state index is 0.0638. The molecule has 2 nitrogen and oxygen atoms in total. The predicted molar refractivity (Wildman–Crippen MR) is 70.8 cm³/mol. The van der Waals surface area contributed by atoms with E-state index in [1.54, 1.807) is 0 Å². The van der Waals surface area contributed by atoms with Gasteiger partial charge in [-0.15, -0.1) is 0 Å². The number of nitrogens with one attached hydrogen (secondary N) is 1. The molecule has 1 atom stereocenters. The molecule has 2 N–H and O–H groups in total. The summed E-state index contributed by atoms with van der Waals surface area (Å²) in [7, 11) is 0. The number of halogens is 1. The first-order chi connectivity index (χ1) is 8.65. The molecule has 1 fully saturated rings. The molecule has 1 aromatic carbocycles. The zero-order valence-corrected chi connectivity index (χ0v) is 11.0. The zero-order chi connectivity index (χ0) is 13.0. The molecule has 0 aromatic heterocycles. The summed E-state index contributed by atoms with van der Waals surface area (Å²) in [6, 6.07) is 6.80. The number of benzene rings is 1. The maximum atomic E-state index is 12.8. The third kappa shape index (κ3) is 3.09. The fourth-order valence-corrected chi connectivity index (χ4v) is 2.75. The van der Waals surface area contributed by atoms with Crippen LogP contribution in [0.25, 0.3) is 0 Å². The summed E-state index contributed by atoms with van der Waals surface area (Å²) in [4.78, 5) is 0. The normalized spacial score (nSPS) is 19.9. The van der Waals surface area contributed by atoms with E-state index < -0.39 is 0 Å². The topological polar surface area (TPSA) is 32.3 Å². The van der Waals surface area contributed by atoms with Crippen LogP contribution >= 0.6 is 0 Å². The van der Waals surface area contributed by atoms with Crippen molar-refractivity contribution in [3.63, 3.8) is 0 Å². The smallest absolute Gasteiger partial charge is 0.123 e. The summed E-state index contributed by atoms with van der Waals surface area (Å²) < 4.78 is 12.8. The molecule has 0 bridgehead atoms. The van der Waals surface area contributed by atoms with Crippen molar-refractivity contribution in [1.82, 2.24) is 5.32 Å². The van der Waals surface area contributed by atoms with Crippen LogP contribution < -0.4 is 5.32 Å². The quantitative estimate of drug-likeness (QED) is 0.843. The highest BCUT2D eigenvalue weighted by atomic mass is 19.1. The molecule has 0 spiro atoms. The maximum Gasteiger partial charge on any atom is 0.123 e. The van der Waals surface area contributed by atoms with Crippen molar-refractivity contribution in [2.24, 2.45) is 5.41 Å². The van der Waals surface area contributed by atoms with Crippen LogP contribution in [0.3, 0.4) is 0 Å². The molecule has 0 heterocycles. The van der Waals surface area contributed by atoms with E-state index in [4.69, 9.17) is 0 Å². The molecule has 3 heteroatoms. The Bertz CT molecular complexity index is 371. The van der Waals surface area contributed by atoms with Gasteiger partial charge in [0.05, 0.1) is 0 Å². The van der Waals surface area contributed by atoms with E-state index in [1.165, 1.54) is 25.0 Å². The van der Waals surface area contributed by atoms with Crippen LogP contribution in [-0.2, 0) is 0 Å². The molecule has 1 unspecified atom stereocenters. The summed E-state index contributed by atoms with van der Waals surface area (Å²) in [5.41, 5.74) is 1.15. The Morgan fingerprint density at radius 2 is 1.89 bits per heavy atom. The summed E-state index contributed by atoms with van der Waals surface area (Å²) in [6.45, 7) is 3.17. The molecule has 0 radical (unpaired) electrons. The monoisotopic (exact) mass is 251 g/mol. The van der Waals surface area contributed by atoms with Crippen molar-refractivity contribution in [3.05, 3.63) is 35.6 Å². The third-order valence-corrected chi connectivity index (χ3v) is 4.15. The van der Waals surface area contributed by atoms with E-state index in [0.29, 0.717) is 0 Å². The maximum absolute atomic E-state index is 12.8. The van der Waals surface area contributed by atoms with E-state index in [2.05, 4.69) is 12.2 Å². The number of hydrogen-bond acceptors (Lipinski definition) is 2. The molecule has 1 aliphatic rings. The predicted octanol–water partition coefficient (Wildman–Crippen LogP) is 3.03. The van der Waals surface area contributed by atoms with E-state index in [0.717, 1.165) is 24.9 Å². The highest BCUT2D eigenvalue weighted by Crippen LogP contribution is 2.37. The molecule has 1 aromatic rings. The van der Waals surface area contributed by atoms with E-state index in [1.807, 2.05) is 12.1 Å². The lowest BCUT2D eigenvalue weighted by Gasteiger charge is -2.28. The van der Waals surface area contributed by atoms with Gasteiger partial charge in [0.15, 0.2) is 0 Å². The van der Waals surface area contributed by atoms with Crippen LogP contribution in [0.1, 0.15) is 44.2 Å². The lowest BCUT2D eigenvalue weighted by atomic mass is 9.87. The first-order valence-corrected chi connectivity index (χ1v) is 6.75. The van der Waals surface area contributed by atoms with Gasteiger partial charge in [-0.1, -0.05) is 25.0 Å². The fourth-order valence-electron chi connectivity index (χ4n) is 2.75. The van der Waals surface area contributed by atoms with Crippen molar-refractivity contribution in [3.8, 4) is 0 Å². The first-order valence-electron chi connectivity index (χ1n) is 6.75. The lowest BCUT2D eigenvalue weighted by Crippen LogP contribution is -2.36. The average molecular weight is 251 g/mol. The molecule has 0 aliphatic heterocycles. The minimum atomic E-state index is -0.200. The van der Waals surface area contributed by atoms with Crippen molar-refractivity contribution in [2.45, 2.75) is 38.6 Å². The van der Waals surface area contributed by atoms with Gasteiger partial charge in [0, 0.05) is 24.6 Å². The second-order valence-corrected chi connectivity index (χ2v) is 5.52. The second-order valence-electron chi connectivity index (χ2n) is 5.52. The number of hydrogen-bond donors (Lipinski definition) is 2. The Morgan fingerprint density at radius 3 is 2.44 bits per heavy atom. The molecular weight excluding hydrogens is 229 g/mol. The van der Waals surface area contributed by atoms with Gasteiger partial charge in [0.25, 0.3) is 0 Å². The van der Waals surface area contributed by atoms with Gasteiger partial charge in [-0.3, -0.25) is 0 Å². The summed E-state index contributed by atoms with van der Waals surface area (Å²) in [5, 5.41) is 13.0. The van der Waals surface area contributed by atoms with Crippen molar-refractivity contribution < 1.29 is 9.50 Å². The Balaban J connectivity index is 1.91. The van der Waals surface area contributed by atoms with Crippen molar-refractivity contribution in [1.29, 1.82) is 0 Å². The van der Waals surface area contributed by atoms with Crippen LogP contribution in [0.5, 0.6) is 0 Å². The SMILES string of the molecule is CC(NCC1(CO)CCCC1)c1ccc(F)cc1. The molecule has 0 amide bonds. The van der Waals surface area contributed by atoms with Gasteiger partial charge in [-0.2, -0.15) is 0 Å². The Hall–Kier alpha value is -0.930. The van der Waals surface area contributed by atoms with Crippen LogP contribution in [0.15, 0.2) is 24.3 Å². The minimum Gasteiger partial charge on any atom is -0.396 e. The van der Waals surface area contributed by atoms with Crippen molar-refractivity contribution >= 4 is 0 Å². The zero-order valence-electron chi connectivity index (χ0n) is 11.0. The fraction of sp³-hybridized carbons (Fsp3) is 0.600. The molecule has 1 saturated carbocycles. The molecule has 0 saturated heterocycles. The standard InChI is InChI=1S/C15H22FNO/c1-12(13-4-6-14(16)7-5-13)17-10-15(11-18)8-2-3-9-15/h4-7,12,17-18H,2-3,8-11H2,1H3. The highest BCUT2D eigenvalue weighted by Gasteiger charge is 2.33. The highest BCUT2D eigenvalue weighted by molar-refractivity contribution is 5.19. The molecular formula is C15H22FNO. The number of aliphatic hydroxyl groups is 1. The Morgan fingerprint density at radius 1 is 1.28 bits per heavy atom. The number of aliphatic hydroxyl groups excluding tert-OH is 1. The van der Waals surface area contributed by atoms with Gasteiger partial charge in [-0.05, 0) is 37.5 Å². The van der Waals surface area contributed by atoms with E-state index in [9.17, 15) is 9.50 Å². The molecule has 18 heavy (non-hydrogen) atoms. The second kappa shape index (κ2) is 5.81. The third-order valence-electron chi connectivity index (χ3n) is 4.15. The molecule has 1 aliphatic carbocycles. The van der Waals surface area contributed by atoms with Gasteiger partial charge < -0.3 is 10.4 Å². The summed E-state index contributed by atoms with van der Waals surface area (Å²) >= 11 is 0. The van der Waals surface area contributed by atoms with E-state index >= 15 is 0 Å². The molecule has 2 rings (SSSR count). The Kier molecular flexibility index (Phi) is 4.36. The van der Waals surface area contributed by atoms with Crippen LogP contribution in [-0.4, -0.2) is 18.3 Å². The average Bonchev–Trinajstić information content (AvgIpc) is 2.86. The summed E-state index contributed by atoms with van der Waals surface area (Å²) in [5.74, 6) is -0.200. The van der Waals surface area contributed by atoms with Crippen molar-refractivity contribution in [2.75, 3.05) is 13.2 Å². The number of rotatable bonds is 5. The largest absolute Gasteiger partial charge is 0.396 e. The van der Waals surface area contributed by atoms with Crippen LogP contribution in [0.4, 0.5) is 4.39 Å². The van der Waals surface area contributed by atoms with Gasteiger partial charge in [-0.25, -0.2) is 4.39 Å². The Labute approximate surface area is 108 Å².